The van der Waals surface area contributed by atoms with Gasteiger partial charge in [-0.1, -0.05) is 30.3 Å². The van der Waals surface area contributed by atoms with E-state index in [1.54, 1.807) is 11.8 Å². The smallest absolute Gasteiger partial charge is 0.227 e. The molecule has 0 N–H and O–H groups in total. The molecular formula is C17H24N2O2. The van der Waals surface area contributed by atoms with E-state index in [-0.39, 0.29) is 17.7 Å². The molecule has 1 aromatic rings. The highest BCUT2D eigenvalue weighted by Gasteiger charge is 2.29. The highest BCUT2D eigenvalue weighted by atomic mass is 16.2. The Morgan fingerprint density at radius 2 is 2.00 bits per heavy atom. The second-order valence-electron chi connectivity index (χ2n) is 5.64. The van der Waals surface area contributed by atoms with E-state index in [1.807, 2.05) is 42.2 Å². The zero-order valence-electron chi connectivity index (χ0n) is 12.9. The molecule has 114 valence electrons. The maximum atomic E-state index is 12.7. The predicted molar refractivity (Wildman–Crippen MR) is 82.5 cm³/mol. The molecule has 4 nitrogen and oxygen atoms in total. The summed E-state index contributed by atoms with van der Waals surface area (Å²) in [5.41, 5.74) is 1.15. The monoisotopic (exact) mass is 288 g/mol. The minimum absolute atomic E-state index is 0.0497. The third kappa shape index (κ3) is 4.06. The van der Waals surface area contributed by atoms with Crippen LogP contribution in [0.1, 0.15) is 32.3 Å². The standard InChI is InChI=1S/C17H24N2O2/c1-3-18(12-15-8-5-4-6-9-15)17(21)16-10-7-11-19(13-16)14(2)20/h4-6,8-9,16H,3,7,10-13H2,1-2H3. The SMILES string of the molecule is CCN(Cc1ccccc1)C(=O)C1CCCN(C(C)=O)C1. The topological polar surface area (TPSA) is 40.6 Å². The lowest BCUT2D eigenvalue weighted by Crippen LogP contribution is -2.46. The molecule has 0 bridgehead atoms. The first-order valence-electron chi connectivity index (χ1n) is 7.70. The summed E-state index contributed by atoms with van der Waals surface area (Å²) in [4.78, 5) is 27.9. The van der Waals surface area contributed by atoms with E-state index in [2.05, 4.69) is 0 Å². The molecule has 1 atom stereocenters. The minimum atomic E-state index is -0.0497. The number of hydrogen-bond acceptors (Lipinski definition) is 2. The van der Waals surface area contributed by atoms with Gasteiger partial charge >= 0.3 is 0 Å². The number of nitrogens with zero attached hydrogens (tertiary/aromatic N) is 2. The average Bonchev–Trinajstić information content (AvgIpc) is 2.53. The van der Waals surface area contributed by atoms with Gasteiger partial charge in [0.2, 0.25) is 11.8 Å². The number of likely N-dealkylation sites (tertiary alicyclic amines) is 1. The zero-order chi connectivity index (χ0) is 15.2. The lowest BCUT2D eigenvalue weighted by atomic mass is 9.96. The van der Waals surface area contributed by atoms with E-state index < -0.39 is 0 Å². The van der Waals surface area contributed by atoms with Gasteiger partial charge in [0, 0.05) is 33.1 Å². The van der Waals surface area contributed by atoms with Crippen LogP contribution in [0.25, 0.3) is 0 Å². The van der Waals surface area contributed by atoms with Crippen molar-refractivity contribution in [1.29, 1.82) is 0 Å². The van der Waals surface area contributed by atoms with Crippen molar-refractivity contribution in [3.05, 3.63) is 35.9 Å². The van der Waals surface area contributed by atoms with E-state index in [0.717, 1.165) is 24.9 Å². The normalized spacial score (nSPS) is 18.4. The van der Waals surface area contributed by atoms with Gasteiger partial charge in [0.15, 0.2) is 0 Å². The minimum Gasteiger partial charge on any atom is -0.342 e. The van der Waals surface area contributed by atoms with Crippen LogP contribution in [0.2, 0.25) is 0 Å². The average molecular weight is 288 g/mol. The van der Waals surface area contributed by atoms with Crippen molar-refractivity contribution in [3.8, 4) is 0 Å². The Kier molecular flexibility index (Phi) is 5.37. The van der Waals surface area contributed by atoms with Gasteiger partial charge in [0.1, 0.15) is 0 Å². The van der Waals surface area contributed by atoms with Crippen LogP contribution in [0.5, 0.6) is 0 Å². The number of carbonyl (C=O) groups excluding carboxylic acids is 2. The van der Waals surface area contributed by atoms with Gasteiger partial charge in [-0.15, -0.1) is 0 Å². The van der Waals surface area contributed by atoms with E-state index in [0.29, 0.717) is 19.6 Å². The number of benzene rings is 1. The van der Waals surface area contributed by atoms with Crippen molar-refractivity contribution in [2.45, 2.75) is 33.2 Å². The molecule has 0 spiro atoms. The van der Waals surface area contributed by atoms with E-state index >= 15 is 0 Å². The molecular weight excluding hydrogens is 264 g/mol. The summed E-state index contributed by atoms with van der Waals surface area (Å²) < 4.78 is 0. The first kappa shape index (κ1) is 15.5. The fraction of sp³-hybridized carbons (Fsp3) is 0.529. The van der Waals surface area contributed by atoms with Crippen molar-refractivity contribution in [2.75, 3.05) is 19.6 Å². The van der Waals surface area contributed by atoms with Gasteiger partial charge in [-0.25, -0.2) is 0 Å². The molecule has 1 aliphatic rings. The van der Waals surface area contributed by atoms with Crippen LogP contribution in [0.3, 0.4) is 0 Å². The van der Waals surface area contributed by atoms with Crippen molar-refractivity contribution in [3.63, 3.8) is 0 Å². The summed E-state index contributed by atoms with van der Waals surface area (Å²) >= 11 is 0. The Labute approximate surface area is 126 Å². The molecule has 1 unspecified atom stereocenters. The quantitative estimate of drug-likeness (QED) is 0.853. The van der Waals surface area contributed by atoms with Gasteiger partial charge in [-0.2, -0.15) is 0 Å². The van der Waals surface area contributed by atoms with Crippen LogP contribution in [-0.4, -0.2) is 41.2 Å². The molecule has 1 saturated heterocycles. The molecule has 0 saturated carbocycles. The van der Waals surface area contributed by atoms with Crippen LogP contribution in [0, 0.1) is 5.92 Å². The molecule has 1 aromatic carbocycles. The molecule has 21 heavy (non-hydrogen) atoms. The number of rotatable bonds is 4. The Balaban J connectivity index is 2.00. The highest BCUT2D eigenvalue weighted by molar-refractivity contribution is 5.80. The molecule has 0 aromatic heterocycles. The second kappa shape index (κ2) is 7.25. The first-order chi connectivity index (χ1) is 10.1. The highest BCUT2D eigenvalue weighted by Crippen LogP contribution is 2.20. The molecule has 4 heteroatoms. The van der Waals surface area contributed by atoms with Crippen LogP contribution < -0.4 is 0 Å². The van der Waals surface area contributed by atoms with Gasteiger partial charge < -0.3 is 9.80 Å². The summed E-state index contributed by atoms with van der Waals surface area (Å²) in [6, 6.07) is 10.0. The second-order valence-corrected chi connectivity index (χ2v) is 5.64. The number of amides is 2. The maximum absolute atomic E-state index is 12.7. The summed E-state index contributed by atoms with van der Waals surface area (Å²) in [5.74, 6) is 0.192. The molecule has 2 amide bonds. The molecule has 1 fully saturated rings. The zero-order valence-corrected chi connectivity index (χ0v) is 12.9. The van der Waals surface area contributed by atoms with E-state index in [1.165, 1.54) is 0 Å². The summed E-state index contributed by atoms with van der Waals surface area (Å²) in [6.45, 7) is 6.28. The Morgan fingerprint density at radius 1 is 1.29 bits per heavy atom. The molecule has 0 radical (unpaired) electrons. The van der Waals surface area contributed by atoms with E-state index in [9.17, 15) is 9.59 Å². The fourth-order valence-electron chi connectivity index (χ4n) is 2.87. The van der Waals surface area contributed by atoms with Crippen molar-refractivity contribution in [2.24, 2.45) is 5.92 Å². The molecule has 1 heterocycles. The Hall–Kier alpha value is -1.84. The van der Waals surface area contributed by atoms with Crippen LogP contribution in [0.15, 0.2) is 30.3 Å². The predicted octanol–water partition coefficient (Wildman–Crippen LogP) is 2.29. The van der Waals surface area contributed by atoms with Gasteiger partial charge in [0.05, 0.1) is 5.92 Å². The van der Waals surface area contributed by atoms with Crippen molar-refractivity contribution < 1.29 is 9.59 Å². The molecule has 2 rings (SSSR count). The number of hydrogen-bond donors (Lipinski definition) is 0. The largest absolute Gasteiger partial charge is 0.342 e. The summed E-state index contributed by atoms with van der Waals surface area (Å²) in [5, 5.41) is 0. The van der Waals surface area contributed by atoms with Crippen molar-refractivity contribution in [1.82, 2.24) is 9.80 Å². The Bertz CT molecular complexity index is 487. The van der Waals surface area contributed by atoms with Gasteiger partial charge in [-0.3, -0.25) is 9.59 Å². The number of piperidine rings is 1. The van der Waals surface area contributed by atoms with Gasteiger partial charge in [0.25, 0.3) is 0 Å². The van der Waals surface area contributed by atoms with Crippen LogP contribution in [0.4, 0.5) is 0 Å². The summed E-state index contributed by atoms with van der Waals surface area (Å²) in [6.07, 6.45) is 1.80. The van der Waals surface area contributed by atoms with E-state index in [4.69, 9.17) is 0 Å². The van der Waals surface area contributed by atoms with Crippen LogP contribution >= 0.6 is 0 Å². The fourth-order valence-corrected chi connectivity index (χ4v) is 2.87. The van der Waals surface area contributed by atoms with Gasteiger partial charge in [-0.05, 0) is 25.3 Å². The maximum Gasteiger partial charge on any atom is 0.227 e. The lowest BCUT2D eigenvalue weighted by molar-refractivity contribution is -0.140. The summed E-state index contributed by atoms with van der Waals surface area (Å²) in [7, 11) is 0. The number of carbonyl (C=O) groups is 2. The van der Waals surface area contributed by atoms with Crippen LogP contribution in [-0.2, 0) is 16.1 Å². The van der Waals surface area contributed by atoms with Crippen molar-refractivity contribution >= 4 is 11.8 Å². The third-order valence-corrected chi connectivity index (χ3v) is 4.13. The molecule has 1 aliphatic heterocycles. The first-order valence-corrected chi connectivity index (χ1v) is 7.70. The third-order valence-electron chi connectivity index (χ3n) is 4.13. The Morgan fingerprint density at radius 3 is 2.62 bits per heavy atom. The molecule has 0 aliphatic carbocycles. The lowest BCUT2D eigenvalue weighted by Gasteiger charge is -2.34.